The van der Waals surface area contributed by atoms with E-state index in [2.05, 4.69) is 10.6 Å². The van der Waals surface area contributed by atoms with Crippen LogP contribution in [0.4, 0.5) is 4.39 Å². The maximum atomic E-state index is 13.5. The Morgan fingerprint density at radius 3 is 2.95 bits per heavy atom. The average Bonchev–Trinajstić information content (AvgIpc) is 2.54. The Balaban J connectivity index is 1.80. The number of hydrogen-bond donors (Lipinski definition) is 2. The van der Waals surface area contributed by atoms with E-state index >= 15 is 0 Å². The molecular weight excluding hydrogens is 285 g/mol. The second-order valence-electron chi connectivity index (χ2n) is 5.85. The monoisotopic (exact) mass is 305 g/mol. The molecule has 0 bridgehead atoms. The molecule has 2 unspecified atom stereocenters. The minimum absolute atomic E-state index is 0.00520. The SMILES string of the molecule is O=C1CC(C(=O)N2CCNCC2c2cccc(F)c2)CCN1. The summed E-state index contributed by atoms with van der Waals surface area (Å²) in [7, 11) is 0. The van der Waals surface area contributed by atoms with Gasteiger partial charge in [0.25, 0.3) is 0 Å². The predicted octanol–water partition coefficient (Wildman–Crippen LogP) is 0.825. The first-order chi connectivity index (χ1) is 10.6. The van der Waals surface area contributed by atoms with Crippen LogP contribution in [-0.2, 0) is 9.59 Å². The summed E-state index contributed by atoms with van der Waals surface area (Å²) in [4.78, 5) is 26.1. The molecule has 1 aromatic rings. The third kappa shape index (κ3) is 3.11. The number of carbonyl (C=O) groups is 2. The lowest BCUT2D eigenvalue weighted by Gasteiger charge is -2.39. The molecule has 1 aromatic carbocycles. The fourth-order valence-electron chi connectivity index (χ4n) is 3.21. The Labute approximate surface area is 128 Å². The second-order valence-corrected chi connectivity index (χ2v) is 5.85. The molecular formula is C16H20FN3O2. The normalized spacial score (nSPS) is 25.7. The minimum atomic E-state index is -0.299. The maximum Gasteiger partial charge on any atom is 0.226 e. The first kappa shape index (κ1) is 15.0. The van der Waals surface area contributed by atoms with Crippen molar-refractivity contribution in [2.24, 2.45) is 5.92 Å². The first-order valence-corrected chi connectivity index (χ1v) is 7.68. The van der Waals surface area contributed by atoms with Crippen LogP contribution in [0.15, 0.2) is 24.3 Å². The number of nitrogens with zero attached hydrogens (tertiary/aromatic N) is 1. The van der Waals surface area contributed by atoms with Crippen LogP contribution in [0.5, 0.6) is 0 Å². The summed E-state index contributed by atoms with van der Waals surface area (Å²) in [6.45, 7) is 2.45. The van der Waals surface area contributed by atoms with Gasteiger partial charge in [0.1, 0.15) is 5.82 Å². The van der Waals surface area contributed by atoms with Crippen molar-refractivity contribution < 1.29 is 14.0 Å². The standard InChI is InChI=1S/C16H20FN3O2/c17-13-3-1-2-11(8-13)14-10-18-6-7-20(14)16(22)12-4-5-19-15(21)9-12/h1-3,8,12,14,18H,4-7,9-10H2,(H,19,21). The van der Waals surface area contributed by atoms with Gasteiger partial charge in [0.2, 0.25) is 11.8 Å². The van der Waals surface area contributed by atoms with Gasteiger partial charge in [-0.05, 0) is 24.1 Å². The van der Waals surface area contributed by atoms with Gasteiger partial charge in [0.05, 0.1) is 6.04 Å². The Bertz CT molecular complexity index is 578. The first-order valence-electron chi connectivity index (χ1n) is 7.68. The van der Waals surface area contributed by atoms with Crippen molar-refractivity contribution in [3.05, 3.63) is 35.6 Å². The topological polar surface area (TPSA) is 61.4 Å². The van der Waals surface area contributed by atoms with Crippen molar-refractivity contribution in [1.29, 1.82) is 0 Å². The van der Waals surface area contributed by atoms with Gasteiger partial charge >= 0.3 is 0 Å². The molecule has 2 saturated heterocycles. The fraction of sp³-hybridized carbons (Fsp3) is 0.500. The minimum Gasteiger partial charge on any atom is -0.356 e. The highest BCUT2D eigenvalue weighted by atomic mass is 19.1. The van der Waals surface area contributed by atoms with E-state index < -0.39 is 0 Å². The molecule has 2 fully saturated rings. The maximum absolute atomic E-state index is 13.5. The third-order valence-corrected chi connectivity index (χ3v) is 4.36. The van der Waals surface area contributed by atoms with Gasteiger partial charge < -0.3 is 15.5 Å². The van der Waals surface area contributed by atoms with Gasteiger partial charge in [-0.15, -0.1) is 0 Å². The zero-order chi connectivity index (χ0) is 15.5. The molecule has 2 aliphatic rings. The van der Waals surface area contributed by atoms with Crippen LogP contribution in [0.25, 0.3) is 0 Å². The number of piperidine rings is 1. The second kappa shape index (κ2) is 6.44. The van der Waals surface area contributed by atoms with Crippen LogP contribution in [0.1, 0.15) is 24.4 Å². The van der Waals surface area contributed by atoms with E-state index in [0.717, 1.165) is 12.1 Å². The molecule has 0 aromatic heterocycles. The predicted molar refractivity (Wildman–Crippen MR) is 79.5 cm³/mol. The van der Waals surface area contributed by atoms with E-state index in [9.17, 15) is 14.0 Å². The summed E-state index contributed by atoms with van der Waals surface area (Å²) in [5, 5.41) is 6.00. The van der Waals surface area contributed by atoms with Crippen molar-refractivity contribution in [2.45, 2.75) is 18.9 Å². The third-order valence-electron chi connectivity index (χ3n) is 4.36. The summed E-state index contributed by atoms with van der Waals surface area (Å²) >= 11 is 0. The summed E-state index contributed by atoms with van der Waals surface area (Å²) in [5.41, 5.74) is 0.792. The Kier molecular flexibility index (Phi) is 4.38. The van der Waals surface area contributed by atoms with Gasteiger partial charge in [-0.25, -0.2) is 4.39 Å². The highest BCUT2D eigenvalue weighted by Gasteiger charge is 2.34. The number of piperazine rings is 1. The van der Waals surface area contributed by atoms with Gasteiger partial charge in [-0.2, -0.15) is 0 Å². The van der Waals surface area contributed by atoms with Gasteiger partial charge in [-0.3, -0.25) is 9.59 Å². The van der Waals surface area contributed by atoms with E-state index in [1.54, 1.807) is 11.0 Å². The van der Waals surface area contributed by atoms with Crippen LogP contribution in [-0.4, -0.2) is 42.9 Å². The molecule has 5 nitrogen and oxygen atoms in total. The quantitative estimate of drug-likeness (QED) is 0.850. The van der Waals surface area contributed by atoms with Crippen LogP contribution < -0.4 is 10.6 Å². The molecule has 2 aliphatic heterocycles. The molecule has 0 spiro atoms. The summed E-state index contributed by atoms with van der Waals surface area (Å²) in [6.07, 6.45) is 0.920. The van der Waals surface area contributed by atoms with E-state index in [1.807, 2.05) is 6.07 Å². The van der Waals surface area contributed by atoms with Gasteiger partial charge in [0.15, 0.2) is 0 Å². The van der Waals surface area contributed by atoms with Gasteiger partial charge in [-0.1, -0.05) is 12.1 Å². The van der Waals surface area contributed by atoms with Gasteiger partial charge in [0, 0.05) is 38.5 Å². The number of benzene rings is 1. The summed E-state index contributed by atoms with van der Waals surface area (Å²) in [5.74, 6) is -0.622. The van der Waals surface area contributed by atoms with Crippen LogP contribution in [0.2, 0.25) is 0 Å². The number of nitrogens with one attached hydrogen (secondary N) is 2. The number of carbonyl (C=O) groups excluding carboxylic acids is 2. The molecule has 0 saturated carbocycles. The Hall–Kier alpha value is -1.95. The number of amides is 2. The highest BCUT2D eigenvalue weighted by Crippen LogP contribution is 2.27. The molecule has 2 amide bonds. The Morgan fingerprint density at radius 2 is 2.18 bits per heavy atom. The molecule has 2 N–H and O–H groups in total. The van der Waals surface area contributed by atoms with Crippen molar-refractivity contribution in [2.75, 3.05) is 26.2 Å². The molecule has 118 valence electrons. The van der Waals surface area contributed by atoms with Crippen molar-refractivity contribution in [1.82, 2.24) is 15.5 Å². The summed E-state index contributed by atoms with van der Waals surface area (Å²) in [6, 6.07) is 6.20. The molecule has 0 aliphatic carbocycles. The molecule has 6 heteroatoms. The van der Waals surface area contributed by atoms with Crippen LogP contribution in [0.3, 0.4) is 0 Å². The van der Waals surface area contributed by atoms with Crippen LogP contribution >= 0.6 is 0 Å². The van der Waals surface area contributed by atoms with Crippen molar-refractivity contribution >= 4 is 11.8 Å². The van der Waals surface area contributed by atoms with Crippen molar-refractivity contribution in [3.8, 4) is 0 Å². The number of rotatable bonds is 2. The zero-order valence-corrected chi connectivity index (χ0v) is 12.3. The summed E-state index contributed by atoms with van der Waals surface area (Å²) < 4.78 is 13.5. The lowest BCUT2D eigenvalue weighted by molar-refractivity contribution is -0.143. The average molecular weight is 305 g/mol. The van der Waals surface area contributed by atoms with E-state index in [4.69, 9.17) is 0 Å². The fourth-order valence-corrected chi connectivity index (χ4v) is 3.21. The zero-order valence-electron chi connectivity index (χ0n) is 12.3. The molecule has 22 heavy (non-hydrogen) atoms. The lowest BCUT2D eigenvalue weighted by atomic mass is 9.93. The molecule has 3 rings (SSSR count). The van der Waals surface area contributed by atoms with E-state index in [0.29, 0.717) is 26.1 Å². The molecule has 0 radical (unpaired) electrons. The van der Waals surface area contributed by atoms with Crippen LogP contribution in [0, 0.1) is 11.7 Å². The number of halogens is 1. The van der Waals surface area contributed by atoms with E-state index in [-0.39, 0.29) is 36.0 Å². The lowest BCUT2D eigenvalue weighted by Crippen LogP contribution is -2.52. The van der Waals surface area contributed by atoms with E-state index in [1.165, 1.54) is 12.1 Å². The molecule has 2 atom stereocenters. The Morgan fingerprint density at radius 1 is 1.32 bits per heavy atom. The largest absolute Gasteiger partial charge is 0.356 e. The highest BCUT2D eigenvalue weighted by molar-refractivity contribution is 5.87. The van der Waals surface area contributed by atoms with Crippen molar-refractivity contribution in [3.63, 3.8) is 0 Å². The number of hydrogen-bond acceptors (Lipinski definition) is 3. The molecule has 2 heterocycles. The smallest absolute Gasteiger partial charge is 0.226 e.